The Morgan fingerprint density at radius 2 is 2.19 bits per heavy atom. The van der Waals surface area contributed by atoms with Gasteiger partial charge in [-0.2, -0.15) is 0 Å². The minimum atomic E-state index is 0. The SMILES string of the molecule is CNC1CN(c2nc3ncc(Br)cc3n3cnnc23)C1.Cl. The summed E-state index contributed by atoms with van der Waals surface area (Å²) in [6.45, 7) is 1.85. The third-order valence-corrected chi connectivity index (χ3v) is 4.06. The Hall–Kier alpha value is -1.51. The molecule has 0 spiro atoms. The standard InChI is InChI=1S/C12H12BrN7.ClH/c1-14-8-4-19(5-8)11-12-18-16-6-20(12)9-2-7(13)3-15-10(9)17-11;/h2-3,6,8,14H,4-5H2,1H3;1H. The molecule has 3 aromatic rings. The van der Waals surface area contributed by atoms with E-state index in [9.17, 15) is 0 Å². The Labute approximate surface area is 135 Å². The highest BCUT2D eigenvalue weighted by atomic mass is 79.9. The molecule has 1 saturated heterocycles. The fraction of sp³-hybridized carbons (Fsp3) is 0.333. The summed E-state index contributed by atoms with van der Waals surface area (Å²) in [5.41, 5.74) is 2.36. The molecule has 21 heavy (non-hydrogen) atoms. The Morgan fingerprint density at radius 1 is 1.38 bits per heavy atom. The van der Waals surface area contributed by atoms with Gasteiger partial charge in [0.05, 0.1) is 5.52 Å². The molecule has 1 aliphatic heterocycles. The molecular weight excluding hydrogens is 358 g/mol. The lowest BCUT2D eigenvalue weighted by Gasteiger charge is -2.39. The summed E-state index contributed by atoms with van der Waals surface area (Å²) in [5, 5.41) is 11.5. The molecule has 0 saturated carbocycles. The van der Waals surface area contributed by atoms with Gasteiger partial charge in [0.25, 0.3) is 0 Å². The normalized spacial score (nSPS) is 15.2. The van der Waals surface area contributed by atoms with Crippen LogP contribution in [-0.2, 0) is 0 Å². The molecular formula is C12H13BrClN7. The Balaban J connectivity index is 0.00000132. The maximum absolute atomic E-state index is 4.65. The second-order valence-electron chi connectivity index (χ2n) is 4.85. The minimum Gasteiger partial charge on any atom is -0.350 e. The Kier molecular flexibility index (Phi) is 3.68. The molecule has 9 heteroatoms. The third-order valence-electron chi connectivity index (χ3n) is 3.62. The highest BCUT2D eigenvalue weighted by Gasteiger charge is 2.29. The molecule has 0 aliphatic carbocycles. The van der Waals surface area contributed by atoms with Crippen molar-refractivity contribution in [3.05, 3.63) is 23.1 Å². The molecule has 0 aromatic carbocycles. The van der Waals surface area contributed by atoms with Crippen molar-refractivity contribution < 1.29 is 0 Å². The first-order valence-electron chi connectivity index (χ1n) is 6.33. The topological polar surface area (TPSA) is 71.2 Å². The quantitative estimate of drug-likeness (QED) is 0.732. The number of pyridine rings is 1. The lowest BCUT2D eigenvalue weighted by Crippen LogP contribution is -2.57. The number of rotatable bonds is 2. The number of anilines is 1. The average molecular weight is 371 g/mol. The molecule has 1 aliphatic rings. The fourth-order valence-corrected chi connectivity index (χ4v) is 2.76. The first-order valence-corrected chi connectivity index (χ1v) is 7.13. The van der Waals surface area contributed by atoms with E-state index in [0.29, 0.717) is 11.7 Å². The molecule has 7 nitrogen and oxygen atoms in total. The maximum atomic E-state index is 4.65. The smallest absolute Gasteiger partial charge is 0.204 e. The summed E-state index contributed by atoms with van der Waals surface area (Å²) in [4.78, 5) is 11.2. The summed E-state index contributed by atoms with van der Waals surface area (Å²) in [5.74, 6) is 0.844. The van der Waals surface area contributed by atoms with Crippen LogP contribution < -0.4 is 10.2 Å². The number of hydrogen-bond donors (Lipinski definition) is 1. The van der Waals surface area contributed by atoms with Gasteiger partial charge in [-0.1, -0.05) is 0 Å². The van der Waals surface area contributed by atoms with Crippen molar-refractivity contribution in [3.63, 3.8) is 0 Å². The van der Waals surface area contributed by atoms with Crippen molar-refractivity contribution >= 4 is 51.0 Å². The van der Waals surface area contributed by atoms with Gasteiger partial charge in [0.2, 0.25) is 5.65 Å². The highest BCUT2D eigenvalue weighted by Crippen LogP contribution is 2.26. The Bertz CT molecular complexity index is 799. The molecule has 1 N–H and O–H groups in total. The molecule has 0 bridgehead atoms. The summed E-state index contributed by atoms with van der Waals surface area (Å²) in [6, 6.07) is 2.48. The molecule has 4 rings (SSSR count). The summed E-state index contributed by atoms with van der Waals surface area (Å²) >= 11 is 3.43. The van der Waals surface area contributed by atoms with E-state index in [4.69, 9.17) is 0 Å². The van der Waals surface area contributed by atoms with Crippen LogP contribution in [0.15, 0.2) is 23.1 Å². The number of fused-ring (bicyclic) bond motifs is 3. The lowest BCUT2D eigenvalue weighted by atomic mass is 10.1. The van der Waals surface area contributed by atoms with Crippen LogP contribution in [0.1, 0.15) is 0 Å². The number of likely N-dealkylation sites (N-methyl/N-ethyl adjacent to an activating group) is 1. The van der Waals surface area contributed by atoms with Crippen LogP contribution in [0.4, 0.5) is 5.82 Å². The van der Waals surface area contributed by atoms with Crippen LogP contribution >= 0.6 is 28.3 Å². The molecule has 4 heterocycles. The predicted molar refractivity (Wildman–Crippen MR) is 86.1 cm³/mol. The molecule has 110 valence electrons. The van der Waals surface area contributed by atoms with Crippen LogP contribution in [0, 0.1) is 0 Å². The molecule has 0 atom stereocenters. The van der Waals surface area contributed by atoms with E-state index in [-0.39, 0.29) is 12.4 Å². The van der Waals surface area contributed by atoms with E-state index in [1.165, 1.54) is 0 Å². The third kappa shape index (κ3) is 2.23. The number of nitrogens with zero attached hydrogens (tertiary/aromatic N) is 6. The van der Waals surface area contributed by atoms with Gasteiger partial charge in [-0.15, -0.1) is 22.6 Å². The van der Waals surface area contributed by atoms with Gasteiger partial charge >= 0.3 is 0 Å². The zero-order chi connectivity index (χ0) is 13.7. The average Bonchev–Trinajstić information content (AvgIpc) is 2.87. The molecule has 3 aromatic heterocycles. The number of nitrogens with one attached hydrogen (secondary N) is 1. The van der Waals surface area contributed by atoms with Crippen molar-refractivity contribution in [1.29, 1.82) is 0 Å². The number of halogens is 2. The van der Waals surface area contributed by atoms with Crippen molar-refractivity contribution in [2.45, 2.75) is 6.04 Å². The molecule has 0 unspecified atom stereocenters. The summed E-state index contributed by atoms with van der Waals surface area (Å²) in [6.07, 6.45) is 3.45. The van der Waals surface area contributed by atoms with Crippen LogP contribution in [0.5, 0.6) is 0 Å². The lowest BCUT2D eigenvalue weighted by molar-refractivity contribution is 0.448. The van der Waals surface area contributed by atoms with Gasteiger partial charge < -0.3 is 10.2 Å². The van der Waals surface area contributed by atoms with E-state index in [1.54, 1.807) is 12.5 Å². The van der Waals surface area contributed by atoms with Crippen molar-refractivity contribution in [2.75, 3.05) is 25.0 Å². The minimum absolute atomic E-state index is 0. The van der Waals surface area contributed by atoms with Crippen molar-refractivity contribution in [2.24, 2.45) is 0 Å². The van der Waals surface area contributed by atoms with Crippen LogP contribution in [-0.4, -0.2) is 50.7 Å². The summed E-state index contributed by atoms with van der Waals surface area (Å²) < 4.78 is 2.84. The monoisotopic (exact) mass is 369 g/mol. The second kappa shape index (κ2) is 5.36. The van der Waals surface area contributed by atoms with Gasteiger partial charge in [-0.3, -0.25) is 4.40 Å². The van der Waals surface area contributed by atoms with E-state index in [2.05, 4.69) is 46.3 Å². The number of hydrogen-bond acceptors (Lipinski definition) is 6. The fourth-order valence-electron chi connectivity index (χ4n) is 2.45. The van der Waals surface area contributed by atoms with E-state index in [1.807, 2.05) is 17.5 Å². The van der Waals surface area contributed by atoms with Gasteiger partial charge in [0.15, 0.2) is 11.5 Å². The van der Waals surface area contributed by atoms with Gasteiger partial charge in [-0.05, 0) is 29.0 Å². The number of aromatic nitrogens is 5. The predicted octanol–water partition coefficient (Wildman–Crippen LogP) is 1.26. The van der Waals surface area contributed by atoms with Crippen molar-refractivity contribution in [3.8, 4) is 0 Å². The summed E-state index contributed by atoms with van der Waals surface area (Å²) in [7, 11) is 1.97. The van der Waals surface area contributed by atoms with E-state index >= 15 is 0 Å². The zero-order valence-electron chi connectivity index (χ0n) is 11.2. The largest absolute Gasteiger partial charge is 0.350 e. The first kappa shape index (κ1) is 14.4. The van der Waals surface area contributed by atoms with Crippen LogP contribution in [0.3, 0.4) is 0 Å². The van der Waals surface area contributed by atoms with E-state index in [0.717, 1.165) is 34.5 Å². The molecule has 0 amide bonds. The maximum Gasteiger partial charge on any atom is 0.204 e. The molecule has 0 radical (unpaired) electrons. The van der Waals surface area contributed by atoms with Crippen LogP contribution in [0.25, 0.3) is 16.8 Å². The van der Waals surface area contributed by atoms with Crippen LogP contribution in [0.2, 0.25) is 0 Å². The highest BCUT2D eigenvalue weighted by molar-refractivity contribution is 9.10. The second-order valence-corrected chi connectivity index (χ2v) is 5.76. The van der Waals surface area contributed by atoms with Gasteiger partial charge in [0.1, 0.15) is 6.33 Å². The van der Waals surface area contributed by atoms with Crippen molar-refractivity contribution in [1.82, 2.24) is 29.9 Å². The zero-order valence-corrected chi connectivity index (χ0v) is 13.6. The van der Waals surface area contributed by atoms with Gasteiger partial charge in [-0.25, -0.2) is 9.97 Å². The van der Waals surface area contributed by atoms with E-state index < -0.39 is 0 Å². The molecule has 1 fully saturated rings. The first-order chi connectivity index (χ1) is 9.76. The Morgan fingerprint density at radius 3 is 2.95 bits per heavy atom. The van der Waals surface area contributed by atoms with Gasteiger partial charge in [0, 0.05) is 29.8 Å².